The van der Waals surface area contributed by atoms with E-state index >= 15 is 0 Å². The number of aromatic nitrogens is 1. The third kappa shape index (κ3) is 2.71. The molecule has 0 fully saturated rings. The van der Waals surface area contributed by atoms with Crippen LogP contribution in [0.5, 0.6) is 0 Å². The van der Waals surface area contributed by atoms with Crippen molar-refractivity contribution in [3.8, 4) is 0 Å². The van der Waals surface area contributed by atoms with Gasteiger partial charge in [0.2, 0.25) is 0 Å². The van der Waals surface area contributed by atoms with Crippen molar-refractivity contribution in [1.82, 2.24) is 9.88 Å². The highest BCUT2D eigenvalue weighted by atomic mass is 15.3. The second-order valence-electron chi connectivity index (χ2n) is 6.23. The number of nitrogens with zero attached hydrogens (tertiary/aromatic N) is 3. The second kappa shape index (κ2) is 5.96. The maximum atomic E-state index is 6.15. The highest BCUT2D eigenvalue weighted by molar-refractivity contribution is 5.82. The van der Waals surface area contributed by atoms with Crippen molar-refractivity contribution in [3.05, 3.63) is 77.5 Å². The molecule has 0 saturated carbocycles. The number of rotatable bonds is 3. The van der Waals surface area contributed by atoms with E-state index in [0.29, 0.717) is 12.5 Å². The summed E-state index contributed by atoms with van der Waals surface area (Å²) in [6, 6.07) is 21.2. The normalized spacial score (nSPS) is 17.3. The molecule has 4 nitrogen and oxygen atoms in total. The fourth-order valence-corrected chi connectivity index (χ4v) is 3.24. The minimum absolute atomic E-state index is 0.177. The van der Waals surface area contributed by atoms with E-state index in [1.807, 2.05) is 19.1 Å². The first-order chi connectivity index (χ1) is 11.7. The summed E-state index contributed by atoms with van der Waals surface area (Å²) in [7, 11) is 0. The number of aliphatic imine (C=N–C) groups is 1. The first kappa shape index (κ1) is 14.7. The van der Waals surface area contributed by atoms with Crippen LogP contribution in [0.15, 0.2) is 65.7 Å². The molecular formula is C20H20N4. The van der Waals surface area contributed by atoms with Gasteiger partial charge in [0, 0.05) is 17.6 Å². The maximum Gasteiger partial charge on any atom is 0.192 e. The van der Waals surface area contributed by atoms with Crippen LogP contribution in [0.4, 0.5) is 0 Å². The summed E-state index contributed by atoms with van der Waals surface area (Å²) in [5, 5.41) is 1.16. The van der Waals surface area contributed by atoms with Crippen LogP contribution in [-0.2, 0) is 6.54 Å². The van der Waals surface area contributed by atoms with Crippen LogP contribution >= 0.6 is 0 Å². The van der Waals surface area contributed by atoms with Crippen molar-refractivity contribution < 1.29 is 0 Å². The van der Waals surface area contributed by atoms with E-state index in [0.717, 1.165) is 23.1 Å². The summed E-state index contributed by atoms with van der Waals surface area (Å²) < 4.78 is 0. The molecule has 120 valence electrons. The molecular weight excluding hydrogens is 296 g/mol. The van der Waals surface area contributed by atoms with E-state index in [9.17, 15) is 0 Å². The Hall–Kier alpha value is -2.88. The molecule has 1 aliphatic heterocycles. The third-order valence-corrected chi connectivity index (χ3v) is 4.53. The average molecular weight is 316 g/mol. The van der Waals surface area contributed by atoms with Crippen molar-refractivity contribution >= 4 is 16.9 Å². The molecule has 0 radical (unpaired) electrons. The van der Waals surface area contributed by atoms with E-state index in [2.05, 4.69) is 63.4 Å². The first-order valence-corrected chi connectivity index (χ1v) is 8.18. The highest BCUT2D eigenvalue weighted by Crippen LogP contribution is 2.29. The van der Waals surface area contributed by atoms with Crippen molar-refractivity contribution in [2.75, 3.05) is 6.54 Å². The molecule has 1 aliphatic rings. The van der Waals surface area contributed by atoms with Gasteiger partial charge in [-0.15, -0.1) is 0 Å². The number of pyridine rings is 1. The topological polar surface area (TPSA) is 54.5 Å². The average Bonchev–Trinajstić information content (AvgIpc) is 2.96. The van der Waals surface area contributed by atoms with Crippen molar-refractivity contribution in [2.24, 2.45) is 10.7 Å². The fraction of sp³-hybridized carbons (Fsp3) is 0.200. The third-order valence-electron chi connectivity index (χ3n) is 4.53. The summed E-state index contributed by atoms with van der Waals surface area (Å²) in [5.74, 6) is 0.617. The molecule has 24 heavy (non-hydrogen) atoms. The summed E-state index contributed by atoms with van der Waals surface area (Å²) >= 11 is 0. The molecule has 0 spiro atoms. The Morgan fingerprint density at radius 1 is 1.08 bits per heavy atom. The Kier molecular flexibility index (Phi) is 3.65. The van der Waals surface area contributed by atoms with Crippen molar-refractivity contribution in [1.29, 1.82) is 0 Å². The predicted octanol–water partition coefficient (Wildman–Crippen LogP) is 3.41. The van der Waals surface area contributed by atoms with Crippen LogP contribution < -0.4 is 5.73 Å². The Labute approximate surface area is 141 Å². The number of nitrogens with two attached hydrogens (primary N) is 1. The predicted molar refractivity (Wildman–Crippen MR) is 97.7 cm³/mol. The van der Waals surface area contributed by atoms with Gasteiger partial charge in [-0.1, -0.05) is 42.5 Å². The number of aryl methyl sites for hydroxylation is 1. The van der Waals surface area contributed by atoms with E-state index in [1.165, 1.54) is 11.1 Å². The first-order valence-electron chi connectivity index (χ1n) is 8.18. The number of benzene rings is 2. The number of fused-ring (bicyclic) bond motifs is 1. The SMILES string of the molecule is Cc1ccc2cc(C3CN=C(N)N3Cc3ccccc3)ccc2n1. The van der Waals surface area contributed by atoms with Gasteiger partial charge in [0.05, 0.1) is 18.1 Å². The number of guanidine groups is 1. The van der Waals surface area contributed by atoms with Crippen LogP contribution in [0.2, 0.25) is 0 Å². The Morgan fingerprint density at radius 2 is 1.92 bits per heavy atom. The molecule has 1 atom stereocenters. The highest BCUT2D eigenvalue weighted by Gasteiger charge is 2.27. The Bertz CT molecular complexity index is 902. The largest absolute Gasteiger partial charge is 0.370 e. The molecule has 1 unspecified atom stereocenters. The van der Waals surface area contributed by atoms with Crippen LogP contribution in [0.3, 0.4) is 0 Å². The van der Waals surface area contributed by atoms with Gasteiger partial charge >= 0.3 is 0 Å². The summed E-state index contributed by atoms with van der Waals surface area (Å²) in [4.78, 5) is 11.2. The lowest BCUT2D eigenvalue weighted by atomic mass is 10.0. The van der Waals surface area contributed by atoms with Crippen molar-refractivity contribution in [3.63, 3.8) is 0 Å². The van der Waals surface area contributed by atoms with E-state index < -0.39 is 0 Å². The Balaban J connectivity index is 1.66. The van der Waals surface area contributed by atoms with Crippen LogP contribution in [0, 0.1) is 6.92 Å². The lowest BCUT2D eigenvalue weighted by molar-refractivity contribution is 0.340. The molecule has 3 aromatic rings. The number of hydrogen-bond donors (Lipinski definition) is 1. The smallest absolute Gasteiger partial charge is 0.192 e. The number of hydrogen-bond acceptors (Lipinski definition) is 4. The molecule has 2 heterocycles. The summed E-state index contributed by atoms with van der Waals surface area (Å²) in [5.41, 5.74) is 10.7. The van der Waals surface area contributed by atoms with Crippen molar-refractivity contribution in [2.45, 2.75) is 19.5 Å². The maximum absolute atomic E-state index is 6.15. The van der Waals surface area contributed by atoms with Gasteiger partial charge in [-0.25, -0.2) is 0 Å². The molecule has 0 aliphatic carbocycles. The fourth-order valence-electron chi connectivity index (χ4n) is 3.24. The van der Waals surface area contributed by atoms with Gasteiger partial charge in [-0.3, -0.25) is 9.98 Å². The molecule has 2 aromatic carbocycles. The standard InChI is InChI=1S/C20H20N4/c1-14-7-8-16-11-17(9-10-18(16)23-14)19-12-22-20(21)24(19)13-15-5-3-2-4-6-15/h2-11,19H,12-13H2,1H3,(H2,21,22). The van der Waals surface area contributed by atoms with E-state index in [4.69, 9.17) is 5.73 Å². The lowest BCUT2D eigenvalue weighted by Gasteiger charge is -2.27. The zero-order chi connectivity index (χ0) is 16.5. The van der Waals surface area contributed by atoms with Gasteiger partial charge in [0.25, 0.3) is 0 Å². The minimum Gasteiger partial charge on any atom is -0.370 e. The summed E-state index contributed by atoms with van der Waals surface area (Å²) in [6.07, 6.45) is 0. The molecule has 2 N–H and O–H groups in total. The van der Waals surface area contributed by atoms with Crippen LogP contribution in [0.25, 0.3) is 10.9 Å². The molecule has 0 amide bonds. The lowest BCUT2D eigenvalue weighted by Crippen LogP contribution is -2.35. The molecule has 4 rings (SSSR count). The van der Waals surface area contributed by atoms with Gasteiger partial charge < -0.3 is 10.6 Å². The zero-order valence-corrected chi connectivity index (χ0v) is 13.7. The summed E-state index contributed by atoms with van der Waals surface area (Å²) in [6.45, 7) is 3.48. The van der Waals surface area contributed by atoms with E-state index in [-0.39, 0.29) is 6.04 Å². The molecule has 0 bridgehead atoms. The molecule has 1 aromatic heterocycles. The Morgan fingerprint density at radius 3 is 2.75 bits per heavy atom. The zero-order valence-electron chi connectivity index (χ0n) is 13.7. The second-order valence-corrected chi connectivity index (χ2v) is 6.23. The molecule has 4 heteroatoms. The molecule has 0 saturated heterocycles. The monoisotopic (exact) mass is 316 g/mol. The van der Waals surface area contributed by atoms with E-state index in [1.54, 1.807) is 0 Å². The van der Waals surface area contributed by atoms with Gasteiger partial charge in [-0.2, -0.15) is 0 Å². The van der Waals surface area contributed by atoms with Crippen LogP contribution in [0.1, 0.15) is 22.9 Å². The minimum atomic E-state index is 0.177. The van der Waals surface area contributed by atoms with Gasteiger partial charge in [0.15, 0.2) is 5.96 Å². The quantitative estimate of drug-likeness (QED) is 0.805. The van der Waals surface area contributed by atoms with Crippen LogP contribution in [-0.4, -0.2) is 22.4 Å². The van der Waals surface area contributed by atoms with Gasteiger partial charge in [0.1, 0.15) is 0 Å². The van der Waals surface area contributed by atoms with Gasteiger partial charge in [-0.05, 0) is 36.2 Å².